The van der Waals surface area contributed by atoms with Gasteiger partial charge in [0.15, 0.2) is 0 Å². The summed E-state index contributed by atoms with van der Waals surface area (Å²) in [4.78, 5) is 34.9. The van der Waals surface area contributed by atoms with Crippen molar-refractivity contribution in [2.45, 2.75) is 13.5 Å². The molecule has 0 aliphatic carbocycles. The van der Waals surface area contributed by atoms with Gasteiger partial charge in [0, 0.05) is 36.0 Å². The second kappa shape index (κ2) is 8.79. The van der Waals surface area contributed by atoms with Crippen LogP contribution in [0.4, 0.5) is 5.69 Å². The van der Waals surface area contributed by atoms with Gasteiger partial charge in [0.05, 0.1) is 29.0 Å². The standard InChI is InChI=1S/C20H18N4O5/c1-2-29-20(26)16-8-15(9-18(10-16)24(27)28)19(25)21-11-14-12-22-23(13-14)17-6-4-3-5-7-17/h3-10,12-13H,2,11H2,1H3,(H,21,25). The lowest BCUT2D eigenvalue weighted by Crippen LogP contribution is -2.23. The van der Waals surface area contributed by atoms with Crippen molar-refractivity contribution in [3.05, 3.63) is 87.7 Å². The van der Waals surface area contributed by atoms with Gasteiger partial charge in [0.1, 0.15) is 0 Å². The van der Waals surface area contributed by atoms with Crippen LogP contribution in [0.5, 0.6) is 0 Å². The number of hydrogen-bond donors (Lipinski definition) is 1. The van der Waals surface area contributed by atoms with Crippen LogP contribution < -0.4 is 5.32 Å². The number of amides is 1. The maximum absolute atomic E-state index is 12.5. The average Bonchev–Trinajstić information content (AvgIpc) is 3.21. The summed E-state index contributed by atoms with van der Waals surface area (Å²) >= 11 is 0. The summed E-state index contributed by atoms with van der Waals surface area (Å²) in [6.07, 6.45) is 3.39. The van der Waals surface area contributed by atoms with E-state index in [1.807, 2.05) is 30.3 Å². The van der Waals surface area contributed by atoms with Gasteiger partial charge in [-0.2, -0.15) is 5.10 Å². The Morgan fingerprint density at radius 1 is 1.17 bits per heavy atom. The molecule has 0 spiro atoms. The SMILES string of the molecule is CCOC(=O)c1cc(C(=O)NCc2cnn(-c3ccccc3)c2)cc([N+](=O)[O-])c1. The number of esters is 1. The lowest BCUT2D eigenvalue weighted by Gasteiger charge is -2.07. The Morgan fingerprint density at radius 3 is 2.59 bits per heavy atom. The molecule has 1 heterocycles. The second-order valence-corrected chi connectivity index (χ2v) is 6.06. The van der Waals surface area contributed by atoms with Crippen molar-refractivity contribution < 1.29 is 19.2 Å². The first-order valence-electron chi connectivity index (χ1n) is 8.81. The van der Waals surface area contributed by atoms with Crippen LogP contribution in [-0.2, 0) is 11.3 Å². The molecule has 2 aromatic carbocycles. The quantitative estimate of drug-likeness (QED) is 0.374. The first-order chi connectivity index (χ1) is 14.0. The fourth-order valence-electron chi connectivity index (χ4n) is 2.64. The number of carbonyl (C=O) groups is 2. The molecule has 1 amide bonds. The first-order valence-corrected chi connectivity index (χ1v) is 8.81. The molecule has 0 radical (unpaired) electrons. The molecule has 0 fully saturated rings. The van der Waals surface area contributed by atoms with Crippen LogP contribution in [0.3, 0.4) is 0 Å². The predicted molar refractivity (Wildman–Crippen MR) is 104 cm³/mol. The monoisotopic (exact) mass is 394 g/mol. The smallest absolute Gasteiger partial charge is 0.338 e. The second-order valence-electron chi connectivity index (χ2n) is 6.06. The largest absolute Gasteiger partial charge is 0.462 e. The zero-order valence-corrected chi connectivity index (χ0v) is 15.6. The highest BCUT2D eigenvalue weighted by molar-refractivity contribution is 5.99. The highest BCUT2D eigenvalue weighted by atomic mass is 16.6. The molecule has 9 nitrogen and oxygen atoms in total. The Bertz CT molecular complexity index is 1050. The van der Waals surface area contributed by atoms with Crippen molar-refractivity contribution in [3.63, 3.8) is 0 Å². The number of rotatable bonds is 7. The number of benzene rings is 2. The van der Waals surface area contributed by atoms with E-state index in [2.05, 4.69) is 10.4 Å². The third kappa shape index (κ3) is 4.83. The van der Waals surface area contributed by atoms with E-state index in [0.717, 1.165) is 23.4 Å². The van der Waals surface area contributed by atoms with Gasteiger partial charge in [-0.3, -0.25) is 14.9 Å². The molecule has 3 rings (SSSR count). The first kappa shape index (κ1) is 19.7. The highest BCUT2D eigenvalue weighted by Crippen LogP contribution is 2.18. The van der Waals surface area contributed by atoms with Crippen LogP contribution in [0.15, 0.2) is 60.9 Å². The molecule has 0 atom stereocenters. The third-order valence-electron chi connectivity index (χ3n) is 4.01. The molecule has 9 heteroatoms. The molecule has 0 saturated heterocycles. The number of nitrogens with one attached hydrogen (secondary N) is 1. The van der Waals surface area contributed by atoms with Crippen molar-refractivity contribution in [2.75, 3.05) is 6.61 Å². The number of aromatic nitrogens is 2. The zero-order valence-electron chi connectivity index (χ0n) is 15.6. The molecule has 0 bridgehead atoms. The van der Waals surface area contributed by atoms with Crippen LogP contribution in [0.25, 0.3) is 5.69 Å². The fraction of sp³-hybridized carbons (Fsp3) is 0.150. The molecule has 1 N–H and O–H groups in total. The summed E-state index contributed by atoms with van der Waals surface area (Å²) in [5.74, 6) is -1.28. The van der Waals surface area contributed by atoms with E-state index in [-0.39, 0.29) is 30.0 Å². The minimum atomic E-state index is -0.727. The fourth-order valence-corrected chi connectivity index (χ4v) is 2.64. The molecule has 0 unspecified atom stereocenters. The average molecular weight is 394 g/mol. The number of hydrogen-bond acceptors (Lipinski definition) is 6. The molecular formula is C20H18N4O5. The summed E-state index contributed by atoms with van der Waals surface area (Å²) in [7, 11) is 0. The van der Waals surface area contributed by atoms with Crippen LogP contribution >= 0.6 is 0 Å². The number of nitro benzene ring substituents is 1. The number of ether oxygens (including phenoxy) is 1. The summed E-state index contributed by atoms with van der Waals surface area (Å²) in [5.41, 5.74) is 1.21. The molecule has 0 saturated carbocycles. The van der Waals surface area contributed by atoms with Crippen molar-refractivity contribution in [1.82, 2.24) is 15.1 Å². The van der Waals surface area contributed by atoms with Gasteiger partial charge >= 0.3 is 5.97 Å². The molecule has 29 heavy (non-hydrogen) atoms. The Labute approximate surface area is 166 Å². The van der Waals surface area contributed by atoms with E-state index in [4.69, 9.17) is 4.74 Å². The number of para-hydroxylation sites is 1. The summed E-state index contributed by atoms with van der Waals surface area (Å²) in [6, 6.07) is 12.9. The maximum atomic E-state index is 12.5. The summed E-state index contributed by atoms with van der Waals surface area (Å²) in [5, 5.41) is 18.1. The maximum Gasteiger partial charge on any atom is 0.338 e. The number of nitro groups is 1. The van der Waals surface area contributed by atoms with Crippen molar-refractivity contribution in [2.24, 2.45) is 0 Å². The van der Waals surface area contributed by atoms with Gasteiger partial charge in [0.25, 0.3) is 11.6 Å². The van der Waals surface area contributed by atoms with E-state index in [0.29, 0.717) is 0 Å². The Kier molecular flexibility index (Phi) is 5.98. The normalized spacial score (nSPS) is 10.4. The Balaban J connectivity index is 1.74. The van der Waals surface area contributed by atoms with Crippen LogP contribution in [-0.4, -0.2) is 33.2 Å². The predicted octanol–water partition coefficient (Wildman–Crippen LogP) is 2.89. The summed E-state index contributed by atoms with van der Waals surface area (Å²) in [6.45, 7) is 1.91. The van der Waals surface area contributed by atoms with E-state index < -0.39 is 16.8 Å². The van der Waals surface area contributed by atoms with Gasteiger partial charge in [-0.15, -0.1) is 0 Å². The summed E-state index contributed by atoms with van der Waals surface area (Å²) < 4.78 is 6.54. The molecule has 0 aliphatic heterocycles. The van der Waals surface area contributed by atoms with Crippen molar-refractivity contribution >= 4 is 17.6 Å². The minimum Gasteiger partial charge on any atom is -0.462 e. The van der Waals surface area contributed by atoms with Crippen LogP contribution in [0.2, 0.25) is 0 Å². The van der Waals surface area contributed by atoms with Gasteiger partial charge in [-0.05, 0) is 25.1 Å². The topological polar surface area (TPSA) is 116 Å². The Hall–Kier alpha value is -4.01. The van der Waals surface area contributed by atoms with Gasteiger partial charge in [0.2, 0.25) is 0 Å². The van der Waals surface area contributed by atoms with E-state index in [1.54, 1.807) is 24.0 Å². The van der Waals surface area contributed by atoms with Crippen molar-refractivity contribution in [3.8, 4) is 5.69 Å². The molecular weight excluding hydrogens is 376 g/mol. The zero-order chi connectivity index (χ0) is 20.8. The van der Waals surface area contributed by atoms with E-state index in [1.165, 1.54) is 6.07 Å². The lowest BCUT2D eigenvalue weighted by molar-refractivity contribution is -0.384. The van der Waals surface area contributed by atoms with E-state index >= 15 is 0 Å². The van der Waals surface area contributed by atoms with Gasteiger partial charge < -0.3 is 10.1 Å². The number of non-ortho nitro benzene ring substituents is 1. The van der Waals surface area contributed by atoms with E-state index in [9.17, 15) is 19.7 Å². The molecule has 3 aromatic rings. The highest BCUT2D eigenvalue weighted by Gasteiger charge is 2.18. The molecule has 1 aromatic heterocycles. The Morgan fingerprint density at radius 2 is 1.90 bits per heavy atom. The van der Waals surface area contributed by atoms with Crippen LogP contribution in [0, 0.1) is 10.1 Å². The molecule has 148 valence electrons. The van der Waals surface area contributed by atoms with Crippen LogP contribution in [0.1, 0.15) is 33.2 Å². The van der Waals surface area contributed by atoms with Crippen molar-refractivity contribution in [1.29, 1.82) is 0 Å². The van der Waals surface area contributed by atoms with Gasteiger partial charge in [-0.1, -0.05) is 18.2 Å². The number of nitrogens with zero attached hydrogens (tertiary/aromatic N) is 3. The third-order valence-corrected chi connectivity index (χ3v) is 4.01. The van der Waals surface area contributed by atoms with Gasteiger partial charge in [-0.25, -0.2) is 9.48 Å². The number of carbonyl (C=O) groups excluding carboxylic acids is 2. The lowest BCUT2D eigenvalue weighted by atomic mass is 10.1. The minimum absolute atomic E-state index is 0.00213. The molecule has 0 aliphatic rings.